The van der Waals surface area contributed by atoms with Crippen molar-refractivity contribution in [3.63, 3.8) is 0 Å². The van der Waals surface area contributed by atoms with Crippen LogP contribution in [0.1, 0.15) is 24.1 Å². The van der Waals surface area contributed by atoms with Crippen molar-refractivity contribution in [2.45, 2.75) is 19.5 Å². The number of H-pyrrole nitrogens is 1. The van der Waals surface area contributed by atoms with Gasteiger partial charge in [0, 0.05) is 24.7 Å². The van der Waals surface area contributed by atoms with Gasteiger partial charge in [-0.1, -0.05) is 54.1 Å². The molecule has 0 aliphatic heterocycles. The van der Waals surface area contributed by atoms with Crippen LogP contribution < -0.4 is 27.2 Å². The normalized spacial score (nSPS) is 11.9. The van der Waals surface area contributed by atoms with Gasteiger partial charge in [-0.15, -0.1) is 0 Å². The van der Waals surface area contributed by atoms with Crippen molar-refractivity contribution in [2.24, 2.45) is 0 Å². The van der Waals surface area contributed by atoms with E-state index in [4.69, 9.17) is 22.1 Å². The van der Waals surface area contributed by atoms with Crippen molar-refractivity contribution in [3.05, 3.63) is 91.6 Å². The highest BCUT2D eigenvalue weighted by Gasteiger charge is 2.24. The number of nitrogen functional groups attached to an aromatic ring is 1. The largest absolute Gasteiger partial charge is 0.383 e. The van der Waals surface area contributed by atoms with E-state index in [0.717, 1.165) is 11.1 Å². The standard InChI is InChI=1S/C24H28ClN5O4/c1-16(18-9-6-10-19(25)13-18)27-14-20(31)29(11-12-34-2)21-22(26)30(24(33)28-23(21)32)15-17-7-4-3-5-8-17/h3-10,13,16,27H,11-12,14-15,26H2,1-2H3,(H,28,32,33)/t16-/m1/s1. The van der Waals surface area contributed by atoms with E-state index < -0.39 is 17.2 Å². The molecule has 10 heteroatoms. The highest BCUT2D eigenvalue weighted by atomic mass is 35.5. The van der Waals surface area contributed by atoms with Gasteiger partial charge in [-0.2, -0.15) is 0 Å². The molecule has 0 saturated heterocycles. The average molecular weight is 486 g/mol. The first-order valence-corrected chi connectivity index (χ1v) is 11.1. The Morgan fingerprint density at radius 1 is 1.21 bits per heavy atom. The monoisotopic (exact) mass is 485 g/mol. The molecular formula is C24H28ClN5O4. The fraction of sp³-hybridized carbons (Fsp3) is 0.292. The maximum Gasteiger partial charge on any atom is 0.330 e. The third-order valence-electron chi connectivity index (χ3n) is 5.40. The molecule has 0 aliphatic rings. The first kappa shape index (κ1) is 25.2. The van der Waals surface area contributed by atoms with Crippen LogP contribution in [-0.2, 0) is 16.1 Å². The molecule has 1 amide bonds. The predicted octanol–water partition coefficient (Wildman–Crippen LogP) is 2.15. The van der Waals surface area contributed by atoms with Gasteiger partial charge < -0.3 is 20.7 Å². The third-order valence-corrected chi connectivity index (χ3v) is 5.63. The molecule has 0 bridgehead atoms. The van der Waals surface area contributed by atoms with Crippen LogP contribution in [0.15, 0.2) is 64.2 Å². The van der Waals surface area contributed by atoms with Crippen molar-refractivity contribution in [1.29, 1.82) is 0 Å². The number of rotatable bonds is 10. The number of carbonyl (C=O) groups is 1. The molecule has 0 spiro atoms. The minimum Gasteiger partial charge on any atom is -0.383 e. The van der Waals surface area contributed by atoms with E-state index in [0.29, 0.717) is 5.02 Å². The van der Waals surface area contributed by atoms with Crippen LogP contribution in [-0.4, -0.2) is 42.3 Å². The maximum absolute atomic E-state index is 13.2. The molecule has 34 heavy (non-hydrogen) atoms. The van der Waals surface area contributed by atoms with Crippen LogP contribution in [0, 0.1) is 0 Å². The molecular weight excluding hydrogens is 458 g/mol. The minimum absolute atomic E-state index is 0.0753. The van der Waals surface area contributed by atoms with Gasteiger partial charge in [0.2, 0.25) is 5.91 Å². The first-order chi connectivity index (χ1) is 16.3. The lowest BCUT2D eigenvalue weighted by Crippen LogP contribution is -2.45. The van der Waals surface area contributed by atoms with Crippen molar-refractivity contribution in [1.82, 2.24) is 14.9 Å². The Kier molecular flexibility index (Phi) is 8.64. The Morgan fingerprint density at radius 3 is 2.62 bits per heavy atom. The van der Waals surface area contributed by atoms with Gasteiger partial charge >= 0.3 is 5.69 Å². The molecule has 3 aromatic rings. The van der Waals surface area contributed by atoms with E-state index in [1.807, 2.05) is 55.5 Å². The van der Waals surface area contributed by atoms with Gasteiger partial charge in [-0.05, 0) is 30.2 Å². The van der Waals surface area contributed by atoms with E-state index >= 15 is 0 Å². The van der Waals surface area contributed by atoms with E-state index in [1.165, 1.54) is 16.6 Å². The number of aromatic nitrogens is 2. The molecule has 1 aromatic heterocycles. The van der Waals surface area contributed by atoms with Gasteiger partial charge in [0.1, 0.15) is 5.82 Å². The lowest BCUT2D eigenvalue weighted by molar-refractivity contribution is -0.118. The maximum atomic E-state index is 13.2. The molecule has 1 heterocycles. The Bertz CT molecular complexity index is 1240. The summed E-state index contributed by atoms with van der Waals surface area (Å²) in [6, 6.07) is 16.4. The van der Waals surface area contributed by atoms with Crippen LogP contribution in [0.5, 0.6) is 0 Å². The van der Waals surface area contributed by atoms with Crippen LogP contribution >= 0.6 is 11.6 Å². The van der Waals surface area contributed by atoms with Gasteiger partial charge in [0.15, 0.2) is 5.69 Å². The van der Waals surface area contributed by atoms with E-state index in [2.05, 4.69) is 10.3 Å². The second-order valence-electron chi connectivity index (χ2n) is 7.76. The van der Waals surface area contributed by atoms with E-state index in [1.54, 1.807) is 6.07 Å². The summed E-state index contributed by atoms with van der Waals surface area (Å²) >= 11 is 6.06. The second kappa shape index (κ2) is 11.6. The van der Waals surface area contributed by atoms with Crippen LogP contribution in [0.2, 0.25) is 5.02 Å². The molecule has 0 aliphatic carbocycles. The highest BCUT2D eigenvalue weighted by Crippen LogP contribution is 2.19. The Labute approximate surface area is 202 Å². The van der Waals surface area contributed by atoms with E-state index in [9.17, 15) is 14.4 Å². The van der Waals surface area contributed by atoms with Crippen LogP contribution in [0.3, 0.4) is 0 Å². The molecule has 2 aromatic carbocycles. The molecule has 4 N–H and O–H groups in total. The molecule has 0 unspecified atom stereocenters. The number of benzene rings is 2. The summed E-state index contributed by atoms with van der Waals surface area (Å²) in [6.45, 7) is 2.23. The van der Waals surface area contributed by atoms with Crippen molar-refractivity contribution in [3.8, 4) is 0 Å². The number of hydrogen-bond acceptors (Lipinski definition) is 6. The quantitative estimate of drug-likeness (QED) is 0.404. The summed E-state index contributed by atoms with van der Waals surface area (Å²) in [5.74, 6) is -0.488. The summed E-state index contributed by atoms with van der Waals surface area (Å²) < 4.78 is 6.37. The molecule has 0 fully saturated rings. The summed E-state index contributed by atoms with van der Waals surface area (Å²) in [5, 5.41) is 3.74. The Balaban J connectivity index is 1.89. The summed E-state index contributed by atoms with van der Waals surface area (Å²) in [4.78, 5) is 42.0. The number of hydrogen-bond donors (Lipinski definition) is 3. The lowest BCUT2D eigenvalue weighted by Gasteiger charge is -2.25. The number of nitrogens with two attached hydrogens (primary N) is 1. The number of methoxy groups -OCH3 is 1. The fourth-order valence-corrected chi connectivity index (χ4v) is 3.73. The predicted molar refractivity (Wildman–Crippen MR) is 133 cm³/mol. The molecule has 1 atom stereocenters. The van der Waals surface area contributed by atoms with Crippen molar-refractivity contribution < 1.29 is 9.53 Å². The molecule has 180 valence electrons. The number of nitrogens with one attached hydrogen (secondary N) is 2. The van der Waals surface area contributed by atoms with Crippen LogP contribution in [0.25, 0.3) is 0 Å². The lowest BCUT2D eigenvalue weighted by atomic mass is 10.1. The number of nitrogens with zero attached hydrogens (tertiary/aromatic N) is 2. The van der Waals surface area contributed by atoms with Crippen LogP contribution in [0.4, 0.5) is 11.5 Å². The van der Waals surface area contributed by atoms with Crippen molar-refractivity contribution >= 4 is 29.0 Å². The number of amides is 1. The minimum atomic E-state index is -0.737. The van der Waals surface area contributed by atoms with Gasteiger partial charge in [-0.3, -0.25) is 19.1 Å². The fourth-order valence-electron chi connectivity index (χ4n) is 3.53. The number of aromatic amines is 1. The average Bonchev–Trinajstić information content (AvgIpc) is 2.82. The molecule has 9 nitrogen and oxygen atoms in total. The summed E-state index contributed by atoms with van der Waals surface area (Å²) in [6.07, 6.45) is 0. The topological polar surface area (TPSA) is 122 Å². The Morgan fingerprint density at radius 2 is 1.94 bits per heavy atom. The zero-order valence-corrected chi connectivity index (χ0v) is 19.8. The van der Waals surface area contributed by atoms with Gasteiger partial charge in [-0.25, -0.2) is 4.79 Å². The molecule has 3 rings (SSSR count). The number of anilines is 2. The first-order valence-electron chi connectivity index (χ1n) is 10.8. The number of halogens is 1. The third kappa shape index (κ3) is 6.13. The zero-order chi connectivity index (χ0) is 24.7. The molecule has 0 saturated carbocycles. The van der Waals surface area contributed by atoms with Crippen molar-refractivity contribution in [2.75, 3.05) is 37.4 Å². The summed E-state index contributed by atoms with van der Waals surface area (Å²) in [7, 11) is 1.49. The van der Waals surface area contributed by atoms with Gasteiger partial charge in [0.05, 0.1) is 19.7 Å². The van der Waals surface area contributed by atoms with E-state index in [-0.39, 0.29) is 43.8 Å². The SMILES string of the molecule is COCCN(C(=O)CN[C@H](C)c1cccc(Cl)c1)c1c(N)n(Cc2ccccc2)c(=O)[nH]c1=O. The summed E-state index contributed by atoms with van der Waals surface area (Å²) in [5.41, 5.74) is 6.54. The smallest absolute Gasteiger partial charge is 0.330 e. The zero-order valence-electron chi connectivity index (χ0n) is 19.1. The van der Waals surface area contributed by atoms with Gasteiger partial charge in [0.25, 0.3) is 5.56 Å². The number of ether oxygens (including phenoxy) is 1. The Hall–Kier alpha value is -3.40. The highest BCUT2D eigenvalue weighted by molar-refractivity contribution is 6.30. The second-order valence-corrected chi connectivity index (χ2v) is 8.20. The molecule has 0 radical (unpaired) electrons. The number of carbonyl (C=O) groups excluding carboxylic acids is 1.